The van der Waals surface area contributed by atoms with Crippen LogP contribution in [0.15, 0.2) is 66.7 Å². The summed E-state index contributed by atoms with van der Waals surface area (Å²) in [6.45, 7) is 8.74. The maximum atomic E-state index is 13.4. The fourth-order valence-corrected chi connectivity index (χ4v) is 4.75. The number of carbonyl (C=O) groups is 2. The van der Waals surface area contributed by atoms with Crippen molar-refractivity contribution >= 4 is 11.8 Å². The van der Waals surface area contributed by atoms with Gasteiger partial charge in [0, 0.05) is 19.5 Å². The SMILES string of the molecule is Cc1ccc(C2c3cc(OC(C)C(=O)NCc4cccc(F)c4)ccc3CCN2C(=O)CC(C)C)cc1. The van der Waals surface area contributed by atoms with Crippen LogP contribution in [0.25, 0.3) is 0 Å². The monoisotopic (exact) mass is 502 g/mol. The lowest BCUT2D eigenvalue weighted by molar-refractivity contribution is -0.134. The summed E-state index contributed by atoms with van der Waals surface area (Å²) in [6.07, 6.45) is 0.522. The molecule has 0 aliphatic carbocycles. The predicted molar refractivity (Wildman–Crippen MR) is 143 cm³/mol. The number of benzene rings is 3. The van der Waals surface area contributed by atoms with Crippen molar-refractivity contribution in [2.75, 3.05) is 6.54 Å². The summed E-state index contributed by atoms with van der Waals surface area (Å²) in [5, 5.41) is 2.81. The highest BCUT2D eigenvalue weighted by molar-refractivity contribution is 5.80. The van der Waals surface area contributed by atoms with E-state index in [2.05, 4.69) is 43.4 Å². The molecule has 0 saturated carbocycles. The van der Waals surface area contributed by atoms with E-state index in [-0.39, 0.29) is 36.1 Å². The normalized spacial score (nSPS) is 15.7. The number of halogens is 1. The molecule has 194 valence electrons. The van der Waals surface area contributed by atoms with Crippen molar-refractivity contribution in [3.63, 3.8) is 0 Å². The molecule has 3 aromatic rings. The lowest BCUT2D eigenvalue weighted by Gasteiger charge is -2.38. The summed E-state index contributed by atoms with van der Waals surface area (Å²) >= 11 is 0. The van der Waals surface area contributed by atoms with Gasteiger partial charge >= 0.3 is 0 Å². The number of nitrogens with zero attached hydrogens (tertiary/aromatic N) is 1. The van der Waals surface area contributed by atoms with Gasteiger partial charge in [-0.25, -0.2) is 4.39 Å². The molecule has 0 saturated heterocycles. The zero-order chi connectivity index (χ0) is 26.5. The minimum absolute atomic E-state index is 0.141. The molecule has 2 atom stereocenters. The number of rotatable bonds is 8. The molecule has 1 heterocycles. The minimum atomic E-state index is -0.744. The summed E-state index contributed by atoms with van der Waals surface area (Å²) in [6, 6.07) is 20.1. The molecule has 37 heavy (non-hydrogen) atoms. The number of ether oxygens (including phenoxy) is 1. The molecule has 3 aromatic carbocycles. The molecule has 5 nitrogen and oxygen atoms in total. The van der Waals surface area contributed by atoms with Gasteiger partial charge in [0.05, 0.1) is 6.04 Å². The molecule has 6 heteroatoms. The smallest absolute Gasteiger partial charge is 0.261 e. The van der Waals surface area contributed by atoms with E-state index in [9.17, 15) is 14.0 Å². The van der Waals surface area contributed by atoms with Gasteiger partial charge in [0.25, 0.3) is 5.91 Å². The molecule has 0 aromatic heterocycles. The van der Waals surface area contributed by atoms with Crippen molar-refractivity contribution in [3.8, 4) is 5.75 Å². The number of nitrogens with one attached hydrogen (secondary N) is 1. The van der Waals surface area contributed by atoms with Crippen LogP contribution in [0.4, 0.5) is 4.39 Å². The molecule has 1 aliphatic heterocycles. The van der Waals surface area contributed by atoms with Crippen molar-refractivity contribution in [3.05, 3.63) is 100 Å². The average molecular weight is 503 g/mol. The number of hydrogen-bond acceptors (Lipinski definition) is 3. The van der Waals surface area contributed by atoms with Gasteiger partial charge in [0.1, 0.15) is 11.6 Å². The summed E-state index contributed by atoms with van der Waals surface area (Å²) < 4.78 is 19.5. The van der Waals surface area contributed by atoms with Gasteiger partial charge in [-0.2, -0.15) is 0 Å². The maximum Gasteiger partial charge on any atom is 0.261 e. The van der Waals surface area contributed by atoms with E-state index in [0.29, 0.717) is 24.3 Å². The second-order valence-corrected chi connectivity index (χ2v) is 10.2. The lowest BCUT2D eigenvalue weighted by atomic mass is 9.87. The average Bonchev–Trinajstić information content (AvgIpc) is 2.86. The quantitative estimate of drug-likeness (QED) is 0.428. The second kappa shape index (κ2) is 11.6. The lowest BCUT2D eigenvalue weighted by Crippen LogP contribution is -2.41. The highest BCUT2D eigenvalue weighted by atomic mass is 19.1. The van der Waals surface area contributed by atoms with Gasteiger partial charge in [-0.15, -0.1) is 0 Å². The zero-order valence-corrected chi connectivity index (χ0v) is 22.0. The van der Waals surface area contributed by atoms with Crippen LogP contribution in [-0.4, -0.2) is 29.4 Å². The van der Waals surface area contributed by atoms with Gasteiger partial charge in [-0.3, -0.25) is 9.59 Å². The minimum Gasteiger partial charge on any atom is -0.481 e. The van der Waals surface area contributed by atoms with Crippen LogP contribution in [0.5, 0.6) is 5.75 Å². The van der Waals surface area contributed by atoms with Crippen molar-refractivity contribution in [1.29, 1.82) is 0 Å². The van der Waals surface area contributed by atoms with Crippen molar-refractivity contribution in [1.82, 2.24) is 10.2 Å². The van der Waals surface area contributed by atoms with Gasteiger partial charge in [0.2, 0.25) is 5.91 Å². The number of amides is 2. The summed E-state index contributed by atoms with van der Waals surface area (Å²) in [4.78, 5) is 27.9. The van der Waals surface area contributed by atoms with Crippen LogP contribution in [0, 0.1) is 18.7 Å². The van der Waals surface area contributed by atoms with E-state index in [4.69, 9.17) is 4.74 Å². The third-order valence-electron chi connectivity index (χ3n) is 6.68. The second-order valence-electron chi connectivity index (χ2n) is 10.2. The van der Waals surface area contributed by atoms with E-state index in [1.54, 1.807) is 19.1 Å². The Hall–Kier alpha value is -3.67. The topological polar surface area (TPSA) is 58.6 Å². The highest BCUT2D eigenvalue weighted by Gasteiger charge is 2.32. The predicted octanol–water partition coefficient (Wildman–Crippen LogP) is 5.74. The molecule has 1 N–H and O–H groups in total. The summed E-state index contributed by atoms with van der Waals surface area (Å²) in [7, 11) is 0. The van der Waals surface area contributed by atoms with E-state index in [1.165, 1.54) is 17.7 Å². The number of fused-ring (bicyclic) bond motifs is 1. The molecule has 4 rings (SSSR count). The van der Waals surface area contributed by atoms with Gasteiger partial charge < -0.3 is 15.0 Å². The van der Waals surface area contributed by atoms with Crippen molar-refractivity contribution in [2.45, 2.75) is 59.2 Å². The molecule has 0 radical (unpaired) electrons. The first-order valence-electron chi connectivity index (χ1n) is 12.9. The Balaban J connectivity index is 1.55. The number of carbonyl (C=O) groups excluding carboxylic acids is 2. The molecular formula is C31H35FN2O3. The van der Waals surface area contributed by atoms with Crippen LogP contribution in [-0.2, 0) is 22.6 Å². The van der Waals surface area contributed by atoms with Crippen molar-refractivity contribution < 1.29 is 18.7 Å². The van der Waals surface area contributed by atoms with E-state index < -0.39 is 6.10 Å². The highest BCUT2D eigenvalue weighted by Crippen LogP contribution is 2.38. The first kappa shape index (κ1) is 26.4. The molecule has 0 fully saturated rings. The Morgan fingerprint density at radius 1 is 1.05 bits per heavy atom. The summed E-state index contributed by atoms with van der Waals surface area (Å²) in [5.74, 6) is 0.360. The van der Waals surface area contributed by atoms with E-state index in [1.807, 2.05) is 30.0 Å². The molecule has 2 amide bonds. The van der Waals surface area contributed by atoms with E-state index >= 15 is 0 Å². The Bertz CT molecular complexity index is 1260. The number of aryl methyl sites for hydroxylation is 1. The molecule has 0 spiro atoms. The third kappa shape index (κ3) is 6.56. The Labute approximate surface area is 218 Å². The van der Waals surface area contributed by atoms with Crippen LogP contribution in [0.1, 0.15) is 61.1 Å². The van der Waals surface area contributed by atoms with Crippen molar-refractivity contribution in [2.24, 2.45) is 5.92 Å². The fourth-order valence-electron chi connectivity index (χ4n) is 4.75. The maximum absolute atomic E-state index is 13.4. The number of hydrogen-bond donors (Lipinski definition) is 1. The fraction of sp³-hybridized carbons (Fsp3) is 0.355. The van der Waals surface area contributed by atoms with Gasteiger partial charge in [-0.05, 0) is 72.7 Å². The van der Waals surface area contributed by atoms with Crippen LogP contribution >= 0.6 is 0 Å². The van der Waals surface area contributed by atoms with Crippen LogP contribution in [0.2, 0.25) is 0 Å². The molecule has 2 unspecified atom stereocenters. The van der Waals surface area contributed by atoms with E-state index in [0.717, 1.165) is 23.1 Å². The van der Waals surface area contributed by atoms with Crippen LogP contribution in [0.3, 0.4) is 0 Å². The standard InChI is InChI=1S/C31H35FN2O3/c1-20(2)16-29(35)34-15-14-24-12-13-27(18-28(24)30(34)25-10-8-21(3)9-11-25)37-22(4)31(36)33-19-23-6-5-7-26(32)17-23/h5-13,17-18,20,22,30H,14-16,19H2,1-4H3,(H,33,36). The van der Waals surface area contributed by atoms with Crippen LogP contribution < -0.4 is 10.1 Å². The Morgan fingerprint density at radius 2 is 1.81 bits per heavy atom. The summed E-state index contributed by atoms with van der Waals surface area (Å²) in [5.41, 5.74) is 5.10. The largest absolute Gasteiger partial charge is 0.481 e. The zero-order valence-electron chi connectivity index (χ0n) is 22.0. The first-order chi connectivity index (χ1) is 17.7. The molecule has 0 bridgehead atoms. The first-order valence-corrected chi connectivity index (χ1v) is 12.9. The Morgan fingerprint density at radius 3 is 2.51 bits per heavy atom. The van der Waals surface area contributed by atoms with Gasteiger partial charge in [0.15, 0.2) is 6.10 Å². The molecular weight excluding hydrogens is 467 g/mol. The molecule has 1 aliphatic rings. The van der Waals surface area contributed by atoms with Gasteiger partial charge in [-0.1, -0.05) is 61.9 Å². The Kier molecular flexibility index (Phi) is 8.27. The third-order valence-corrected chi connectivity index (χ3v) is 6.68.